The predicted octanol–water partition coefficient (Wildman–Crippen LogP) is 2.97. The number of methoxy groups -OCH3 is 1. The molecule has 0 N–H and O–H groups in total. The van der Waals surface area contributed by atoms with Crippen LogP contribution in [0.1, 0.15) is 12.8 Å². The molecule has 4 rings (SSSR count). The third-order valence-corrected chi connectivity index (χ3v) is 9.27. The number of sulfonamides is 1. The van der Waals surface area contributed by atoms with Crippen molar-refractivity contribution in [3.05, 3.63) is 46.1 Å². The maximum absolute atomic E-state index is 14.5. The summed E-state index contributed by atoms with van der Waals surface area (Å²) in [5, 5.41) is 1.66. The highest BCUT2D eigenvalue weighted by Gasteiger charge is 2.40. The number of carbonyl (C=O) groups is 1. The Kier molecular flexibility index (Phi) is 6.35. The standard InChI is InChI=1S/C19H19F2N3O4S3/c1-28-8-7-23-17-13(21)10-12(20)11-15(17)30-19(23)22-18(25)14-4-2-6-24(14)31(26,27)16-5-3-9-29-16/h3,5,9-11,14H,2,4,6-8H2,1H3/t14-/m0/s1. The molecule has 1 atom stereocenters. The summed E-state index contributed by atoms with van der Waals surface area (Å²) in [5.74, 6) is -2.12. The summed E-state index contributed by atoms with van der Waals surface area (Å²) < 4.78 is 62.2. The van der Waals surface area contributed by atoms with Gasteiger partial charge in [0.15, 0.2) is 10.6 Å². The number of amides is 1. The molecule has 3 aromatic rings. The molecule has 0 radical (unpaired) electrons. The molecule has 0 saturated carbocycles. The van der Waals surface area contributed by atoms with Gasteiger partial charge in [0.2, 0.25) is 0 Å². The van der Waals surface area contributed by atoms with E-state index in [1.165, 1.54) is 28.1 Å². The molecule has 0 unspecified atom stereocenters. The molecule has 12 heteroatoms. The molecule has 2 aromatic heterocycles. The van der Waals surface area contributed by atoms with E-state index in [2.05, 4.69) is 4.99 Å². The highest BCUT2D eigenvalue weighted by atomic mass is 32.2. The van der Waals surface area contributed by atoms with Gasteiger partial charge in [0.25, 0.3) is 15.9 Å². The van der Waals surface area contributed by atoms with Crippen molar-refractivity contribution >= 4 is 48.8 Å². The van der Waals surface area contributed by atoms with Gasteiger partial charge in [-0.25, -0.2) is 17.2 Å². The maximum Gasteiger partial charge on any atom is 0.266 e. The topological polar surface area (TPSA) is 81.0 Å². The first-order valence-corrected chi connectivity index (χ1v) is 12.6. The van der Waals surface area contributed by atoms with Gasteiger partial charge in [0, 0.05) is 26.3 Å². The summed E-state index contributed by atoms with van der Waals surface area (Å²) in [7, 11) is -2.32. The summed E-state index contributed by atoms with van der Waals surface area (Å²) in [6, 6.07) is 4.15. The van der Waals surface area contributed by atoms with Crippen LogP contribution in [0.5, 0.6) is 0 Å². The van der Waals surface area contributed by atoms with Crippen molar-refractivity contribution in [3.8, 4) is 0 Å². The van der Waals surface area contributed by atoms with Gasteiger partial charge >= 0.3 is 0 Å². The third kappa shape index (κ3) is 4.22. The molecular formula is C19H19F2N3O4S3. The Balaban J connectivity index is 1.75. The maximum atomic E-state index is 14.5. The van der Waals surface area contributed by atoms with E-state index in [0.29, 0.717) is 17.5 Å². The monoisotopic (exact) mass is 487 g/mol. The number of aromatic nitrogens is 1. The molecule has 3 heterocycles. The molecule has 1 saturated heterocycles. The Morgan fingerprint density at radius 3 is 2.87 bits per heavy atom. The van der Waals surface area contributed by atoms with Gasteiger partial charge in [-0.05, 0) is 30.4 Å². The van der Waals surface area contributed by atoms with Crippen LogP contribution >= 0.6 is 22.7 Å². The van der Waals surface area contributed by atoms with Crippen LogP contribution in [0.3, 0.4) is 0 Å². The number of carbonyl (C=O) groups excluding carboxylic acids is 1. The molecule has 7 nitrogen and oxygen atoms in total. The zero-order chi connectivity index (χ0) is 22.2. The van der Waals surface area contributed by atoms with E-state index in [1.54, 1.807) is 11.4 Å². The minimum absolute atomic E-state index is 0.129. The van der Waals surface area contributed by atoms with Gasteiger partial charge in [0.05, 0.1) is 16.8 Å². The van der Waals surface area contributed by atoms with Crippen molar-refractivity contribution in [1.82, 2.24) is 8.87 Å². The SMILES string of the molecule is COCCn1c(=NC(=O)[C@@H]2CCCN2S(=O)(=O)c2cccs2)sc2cc(F)cc(F)c21. The number of benzene rings is 1. The number of hydrogen-bond donors (Lipinski definition) is 0. The van der Waals surface area contributed by atoms with Crippen molar-refractivity contribution in [3.63, 3.8) is 0 Å². The Morgan fingerprint density at radius 2 is 2.16 bits per heavy atom. The predicted molar refractivity (Wildman–Crippen MR) is 113 cm³/mol. The molecule has 1 aliphatic heterocycles. The molecule has 1 aromatic carbocycles. The molecule has 0 aliphatic carbocycles. The average molecular weight is 488 g/mol. The fraction of sp³-hybridized carbons (Fsp3) is 0.368. The second kappa shape index (κ2) is 8.87. The largest absolute Gasteiger partial charge is 0.383 e. The van der Waals surface area contributed by atoms with E-state index in [9.17, 15) is 22.0 Å². The van der Waals surface area contributed by atoms with Crippen LogP contribution in [-0.4, -0.2) is 49.5 Å². The van der Waals surface area contributed by atoms with Crippen LogP contribution in [0.15, 0.2) is 38.8 Å². The van der Waals surface area contributed by atoms with Crippen LogP contribution in [0, 0.1) is 11.6 Å². The van der Waals surface area contributed by atoms with Crippen LogP contribution in [-0.2, 0) is 26.1 Å². The van der Waals surface area contributed by atoms with Gasteiger partial charge in [-0.3, -0.25) is 4.79 Å². The lowest BCUT2D eigenvalue weighted by molar-refractivity contribution is -0.121. The lowest BCUT2D eigenvalue weighted by Gasteiger charge is -2.20. The summed E-state index contributed by atoms with van der Waals surface area (Å²) in [6.07, 6.45) is 0.880. The molecule has 166 valence electrons. The number of rotatable bonds is 6. The number of ether oxygens (including phenoxy) is 1. The van der Waals surface area contributed by atoms with Gasteiger partial charge < -0.3 is 9.30 Å². The summed E-state index contributed by atoms with van der Waals surface area (Å²) in [6.45, 7) is 0.654. The molecule has 0 bridgehead atoms. The van der Waals surface area contributed by atoms with E-state index < -0.39 is 33.6 Å². The Morgan fingerprint density at radius 1 is 1.35 bits per heavy atom. The highest BCUT2D eigenvalue weighted by Crippen LogP contribution is 2.29. The van der Waals surface area contributed by atoms with E-state index in [4.69, 9.17) is 4.74 Å². The number of thiazole rings is 1. The van der Waals surface area contributed by atoms with Crippen molar-refractivity contribution in [2.75, 3.05) is 20.3 Å². The van der Waals surface area contributed by atoms with Gasteiger partial charge in [-0.15, -0.1) is 11.3 Å². The summed E-state index contributed by atoms with van der Waals surface area (Å²) in [5.41, 5.74) is 0.129. The van der Waals surface area contributed by atoms with Crippen molar-refractivity contribution in [2.24, 2.45) is 4.99 Å². The molecule has 1 amide bonds. The Labute approximate surface area is 185 Å². The zero-order valence-corrected chi connectivity index (χ0v) is 18.9. The van der Waals surface area contributed by atoms with Gasteiger partial charge in [-0.2, -0.15) is 9.30 Å². The first-order chi connectivity index (χ1) is 14.8. The quantitative estimate of drug-likeness (QED) is 0.536. The fourth-order valence-electron chi connectivity index (χ4n) is 3.57. The van der Waals surface area contributed by atoms with Crippen LogP contribution in [0.4, 0.5) is 8.78 Å². The highest BCUT2D eigenvalue weighted by molar-refractivity contribution is 7.91. The molecule has 1 fully saturated rings. The van der Waals surface area contributed by atoms with E-state index >= 15 is 0 Å². The second-order valence-electron chi connectivity index (χ2n) is 6.92. The van der Waals surface area contributed by atoms with E-state index in [1.807, 2.05) is 0 Å². The molecule has 31 heavy (non-hydrogen) atoms. The first-order valence-electron chi connectivity index (χ1n) is 9.44. The number of hydrogen-bond acceptors (Lipinski definition) is 6. The van der Waals surface area contributed by atoms with Crippen molar-refractivity contribution in [1.29, 1.82) is 0 Å². The first kappa shape index (κ1) is 22.2. The van der Waals surface area contributed by atoms with Crippen molar-refractivity contribution < 1.29 is 26.7 Å². The number of fused-ring (bicyclic) bond motifs is 1. The minimum atomic E-state index is -3.81. The third-order valence-electron chi connectivity index (χ3n) is 4.97. The fourth-order valence-corrected chi connectivity index (χ4v) is 7.45. The summed E-state index contributed by atoms with van der Waals surface area (Å²) in [4.78, 5) is 17.3. The Bertz CT molecular complexity index is 1280. The Hall–Kier alpha value is -1.99. The van der Waals surface area contributed by atoms with Crippen LogP contribution in [0.25, 0.3) is 10.2 Å². The van der Waals surface area contributed by atoms with Crippen LogP contribution in [0.2, 0.25) is 0 Å². The van der Waals surface area contributed by atoms with Crippen LogP contribution < -0.4 is 4.80 Å². The average Bonchev–Trinajstić information content (AvgIpc) is 3.46. The summed E-state index contributed by atoms with van der Waals surface area (Å²) >= 11 is 2.06. The number of thiophene rings is 1. The van der Waals surface area contributed by atoms with Gasteiger partial charge in [-0.1, -0.05) is 17.4 Å². The molecular weight excluding hydrogens is 468 g/mol. The molecule has 0 spiro atoms. The number of halogens is 2. The lowest BCUT2D eigenvalue weighted by atomic mass is 10.2. The second-order valence-corrected chi connectivity index (χ2v) is 11.0. The normalized spacial score (nSPS) is 18.3. The van der Waals surface area contributed by atoms with E-state index in [-0.39, 0.29) is 34.2 Å². The smallest absolute Gasteiger partial charge is 0.266 e. The molecule has 1 aliphatic rings. The van der Waals surface area contributed by atoms with E-state index in [0.717, 1.165) is 28.7 Å². The number of nitrogens with zero attached hydrogens (tertiary/aromatic N) is 3. The minimum Gasteiger partial charge on any atom is -0.383 e. The van der Waals surface area contributed by atoms with Gasteiger partial charge in [0.1, 0.15) is 16.1 Å². The lowest BCUT2D eigenvalue weighted by Crippen LogP contribution is -2.40. The van der Waals surface area contributed by atoms with Crippen molar-refractivity contribution in [2.45, 2.75) is 29.6 Å². The zero-order valence-electron chi connectivity index (χ0n) is 16.5.